The number of hydrogen-bond donors (Lipinski definition) is 1. The molecule has 1 fully saturated rings. The van der Waals surface area contributed by atoms with Crippen LogP contribution in [0.3, 0.4) is 0 Å². The van der Waals surface area contributed by atoms with Gasteiger partial charge in [0.2, 0.25) is 11.1 Å². The van der Waals surface area contributed by atoms with Gasteiger partial charge in [-0.15, -0.1) is 10.2 Å². The van der Waals surface area contributed by atoms with Crippen LogP contribution in [0.1, 0.15) is 35.8 Å². The maximum absolute atomic E-state index is 4.72. The van der Waals surface area contributed by atoms with Gasteiger partial charge in [-0.25, -0.2) is 19.9 Å². The van der Waals surface area contributed by atoms with Gasteiger partial charge in [0, 0.05) is 43.2 Å². The van der Waals surface area contributed by atoms with E-state index in [0.29, 0.717) is 0 Å². The first-order valence-corrected chi connectivity index (χ1v) is 9.50. The zero-order valence-electron chi connectivity index (χ0n) is 14.8. The molecule has 4 heterocycles. The summed E-state index contributed by atoms with van der Waals surface area (Å²) in [6.45, 7) is 5.79. The minimum absolute atomic E-state index is 0.264. The van der Waals surface area contributed by atoms with Crippen molar-refractivity contribution in [2.24, 2.45) is 0 Å². The summed E-state index contributed by atoms with van der Waals surface area (Å²) in [6.07, 6.45) is 5.41. The Hall–Kier alpha value is -2.68. The molecule has 1 aliphatic rings. The van der Waals surface area contributed by atoms with Crippen molar-refractivity contribution in [2.75, 3.05) is 23.3 Å². The number of anilines is 3. The van der Waals surface area contributed by atoms with Crippen molar-refractivity contribution in [1.29, 1.82) is 0 Å². The third-order valence-corrected chi connectivity index (χ3v) is 5.25. The van der Waals surface area contributed by atoms with Crippen molar-refractivity contribution in [3.63, 3.8) is 0 Å². The molecule has 0 aliphatic carbocycles. The van der Waals surface area contributed by atoms with E-state index in [-0.39, 0.29) is 5.92 Å². The van der Waals surface area contributed by atoms with E-state index in [0.717, 1.165) is 59.4 Å². The minimum atomic E-state index is 0.264. The monoisotopic (exact) mass is 368 g/mol. The predicted molar refractivity (Wildman–Crippen MR) is 101 cm³/mol. The SMILES string of the molecule is CCc1nnc(Nc2cc(C)nc(C3CCN(c4ncccn4)C3)n2)s1. The van der Waals surface area contributed by atoms with Crippen LogP contribution in [0.5, 0.6) is 0 Å². The van der Waals surface area contributed by atoms with Gasteiger partial charge in [-0.05, 0) is 25.8 Å². The molecule has 0 aromatic carbocycles. The fourth-order valence-electron chi connectivity index (χ4n) is 3.00. The molecule has 1 aliphatic heterocycles. The molecule has 0 bridgehead atoms. The van der Waals surface area contributed by atoms with Crippen LogP contribution in [0, 0.1) is 6.92 Å². The number of nitrogens with one attached hydrogen (secondary N) is 1. The topological polar surface area (TPSA) is 92.6 Å². The molecular formula is C17H20N8S. The van der Waals surface area contributed by atoms with Gasteiger partial charge < -0.3 is 10.2 Å². The number of rotatable bonds is 5. The molecule has 1 atom stereocenters. The Bertz CT molecular complexity index is 881. The highest BCUT2D eigenvalue weighted by atomic mass is 32.1. The van der Waals surface area contributed by atoms with Crippen molar-refractivity contribution in [3.8, 4) is 0 Å². The molecule has 3 aromatic heterocycles. The maximum Gasteiger partial charge on any atom is 0.225 e. The van der Waals surface area contributed by atoms with Crippen LogP contribution >= 0.6 is 11.3 Å². The zero-order valence-corrected chi connectivity index (χ0v) is 15.6. The highest BCUT2D eigenvalue weighted by molar-refractivity contribution is 7.15. The van der Waals surface area contributed by atoms with Crippen molar-refractivity contribution < 1.29 is 0 Å². The number of nitrogens with zero attached hydrogens (tertiary/aromatic N) is 7. The molecule has 134 valence electrons. The van der Waals surface area contributed by atoms with E-state index < -0.39 is 0 Å². The molecule has 0 amide bonds. The Labute approximate surface area is 155 Å². The molecule has 0 saturated carbocycles. The van der Waals surface area contributed by atoms with Crippen LogP contribution in [0.15, 0.2) is 24.5 Å². The van der Waals surface area contributed by atoms with E-state index in [9.17, 15) is 0 Å². The second kappa shape index (κ2) is 7.28. The van der Waals surface area contributed by atoms with Gasteiger partial charge in [0.05, 0.1) is 0 Å². The lowest BCUT2D eigenvalue weighted by molar-refractivity contribution is 0.704. The Morgan fingerprint density at radius 2 is 2.08 bits per heavy atom. The second-order valence-electron chi connectivity index (χ2n) is 6.21. The lowest BCUT2D eigenvalue weighted by Crippen LogP contribution is -2.22. The summed E-state index contributed by atoms with van der Waals surface area (Å²) in [4.78, 5) is 20.2. The molecule has 0 spiro atoms. The summed E-state index contributed by atoms with van der Waals surface area (Å²) in [7, 11) is 0. The lowest BCUT2D eigenvalue weighted by atomic mass is 10.1. The molecule has 26 heavy (non-hydrogen) atoms. The molecule has 1 saturated heterocycles. The van der Waals surface area contributed by atoms with Gasteiger partial charge in [0.25, 0.3) is 0 Å². The molecular weight excluding hydrogens is 348 g/mol. The molecule has 4 rings (SSSR count). The van der Waals surface area contributed by atoms with E-state index in [1.807, 2.05) is 19.1 Å². The summed E-state index contributed by atoms with van der Waals surface area (Å²) in [6, 6.07) is 3.76. The van der Waals surface area contributed by atoms with Crippen LogP contribution in [0.25, 0.3) is 0 Å². The van der Waals surface area contributed by atoms with Gasteiger partial charge in [-0.3, -0.25) is 0 Å². The Morgan fingerprint density at radius 1 is 1.23 bits per heavy atom. The smallest absolute Gasteiger partial charge is 0.225 e. The van der Waals surface area contributed by atoms with Gasteiger partial charge in [-0.1, -0.05) is 18.3 Å². The minimum Gasteiger partial charge on any atom is -0.340 e. The van der Waals surface area contributed by atoms with E-state index in [4.69, 9.17) is 4.98 Å². The first kappa shape index (κ1) is 16.8. The Kier molecular flexibility index (Phi) is 4.70. The normalized spacial score (nSPS) is 16.8. The summed E-state index contributed by atoms with van der Waals surface area (Å²) < 4.78 is 0. The molecule has 3 aromatic rings. The van der Waals surface area contributed by atoms with E-state index in [1.165, 1.54) is 0 Å². The maximum atomic E-state index is 4.72. The third kappa shape index (κ3) is 3.62. The quantitative estimate of drug-likeness (QED) is 0.735. The summed E-state index contributed by atoms with van der Waals surface area (Å²) in [5.41, 5.74) is 0.937. The molecule has 0 radical (unpaired) electrons. The van der Waals surface area contributed by atoms with Gasteiger partial charge in [0.15, 0.2) is 0 Å². The molecule has 9 heteroatoms. The Morgan fingerprint density at radius 3 is 2.85 bits per heavy atom. The number of hydrogen-bond acceptors (Lipinski definition) is 9. The molecule has 1 N–H and O–H groups in total. The average Bonchev–Trinajstić information content (AvgIpc) is 3.31. The highest BCUT2D eigenvalue weighted by Gasteiger charge is 2.28. The largest absolute Gasteiger partial charge is 0.340 e. The number of aromatic nitrogens is 6. The van der Waals surface area contributed by atoms with Crippen molar-refractivity contribution in [1.82, 2.24) is 30.1 Å². The van der Waals surface area contributed by atoms with Crippen LogP contribution < -0.4 is 10.2 Å². The predicted octanol–water partition coefficient (Wildman–Crippen LogP) is 2.73. The first-order valence-electron chi connectivity index (χ1n) is 8.68. The van der Waals surface area contributed by atoms with E-state index >= 15 is 0 Å². The van der Waals surface area contributed by atoms with Gasteiger partial charge in [0.1, 0.15) is 16.6 Å². The van der Waals surface area contributed by atoms with Gasteiger partial charge in [-0.2, -0.15) is 0 Å². The zero-order chi connectivity index (χ0) is 17.9. The first-order chi connectivity index (χ1) is 12.7. The highest BCUT2D eigenvalue weighted by Crippen LogP contribution is 2.28. The third-order valence-electron chi connectivity index (χ3n) is 4.26. The van der Waals surface area contributed by atoms with E-state index in [2.05, 4.69) is 42.3 Å². The lowest BCUT2D eigenvalue weighted by Gasteiger charge is -2.15. The fourth-order valence-corrected chi connectivity index (χ4v) is 3.69. The molecule has 8 nitrogen and oxygen atoms in total. The standard InChI is InChI=1S/C17H20N8S/c1-3-14-23-24-17(26-14)22-13-9-11(2)20-15(21-13)12-5-8-25(10-12)16-18-6-4-7-19-16/h4,6-7,9,12H,3,5,8,10H2,1-2H3,(H,20,21,22,24). The van der Waals surface area contributed by atoms with Crippen molar-refractivity contribution in [2.45, 2.75) is 32.6 Å². The fraction of sp³-hybridized carbons (Fsp3) is 0.412. The van der Waals surface area contributed by atoms with Crippen LogP contribution in [0.2, 0.25) is 0 Å². The number of aryl methyl sites for hydroxylation is 2. The summed E-state index contributed by atoms with van der Waals surface area (Å²) in [5, 5.41) is 13.3. The van der Waals surface area contributed by atoms with Crippen molar-refractivity contribution in [3.05, 3.63) is 41.1 Å². The summed E-state index contributed by atoms with van der Waals surface area (Å²) in [5.74, 6) is 2.65. The Balaban J connectivity index is 1.51. The van der Waals surface area contributed by atoms with E-state index in [1.54, 1.807) is 23.7 Å². The van der Waals surface area contributed by atoms with Crippen LogP contribution in [0.4, 0.5) is 16.9 Å². The van der Waals surface area contributed by atoms with Crippen LogP contribution in [-0.4, -0.2) is 43.2 Å². The second-order valence-corrected chi connectivity index (χ2v) is 7.27. The molecule has 1 unspecified atom stereocenters. The summed E-state index contributed by atoms with van der Waals surface area (Å²) >= 11 is 1.55. The average molecular weight is 368 g/mol. The van der Waals surface area contributed by atoms with Gasteiger partial charge >= 0.3 is 0 Å². The van der Waals surface area contributed by atoms with Crippen LogP contribution in [-0.2, 0) is 6.42 Å². The van der Waals surface area contributed by atoms with Crippen molar-refractivity contribution >= 4 is 28.2 Å².